The highest BCUT2D eigenvalue weighted by Gasteiger charge is 2.22. The molecule has 0 amide bonds. The van der Waals surface area contributed by atoms with Gasteiger partial charge in [0.15, 0.2) is 6.29 Å². The maximum absolute atomic E-state index is 11.0. The van der Waals surface area contributed by atoms with E-state index in [0.717, 1.165) is 31.6 Å². The Bertz CT molecular complexity index is 502. The fraction of sp³-hybridized carbons (Fsp3) is 0.500. The van der Waals surface area contributed by atoms with Crippen LogP contribution in [0.4, 0.5) is 11.4 Å². The van der Waals surface area contributed by atoms with Crippen LogP contribution >= 0.6 is 0 Å². The average molecular weight is 278 g/mol. The lowest BCUT2D eigenvalue weighted by Crippen LogP contribution is -2.37. The van der Waals surface area contributed by atoms with Gasteiger partial charge >= 0.3 is 0 Å². The Morgan fingerprint density at radius 1 is 1.55 bits per heavy atom. The summed E-state index contributed by atoms with van der Waals surface area (Å²) in [5, 5.41) is 10.8. The summed E-state index contributed by atoms with van der Waals surface area (Å²) < 4.78 is 5.19. The molecule has 0 radical (unpaired) electrons. The SMILES string of the molecule is COCC1CCCN(c2ccc([N+](=O)[O-])c(C=O)c2)C1. The lowest BCUT2D eigenvalue weighted by atomic mass is 9.98. The first-order valence-corrected chi connectivity index (χ1v) is 6.63. The molecule has 1 aromatic rings. The Morgan fingerprint density at radius 3 is 3.00 bits per heavy atom. The molecule has 1 fully saturated rings. The van der Waals surface area contributed by atoms with Gasteiger partial charge in [0, 0.05) is 32.0 Å². The van der Waals surface area contributed by atoms with Crippen molar-refractivity contribution in [3.63, 3.8) is 0 Å². The summed E-state index contributed by atoms with van der Waals surface area (Å²) in [5.41, 5.74) is 0.842. The molecule has 2 rings (SSSR count). The number of nitrogens with zero attached hydrogens (tertiary/aromatic N) is 2. The highest BCUT2D eigenvalue weighted by Crippen LogP contribution is 2.27. The molecule has 1 unspecified atom stereocenters. The number of carbonyl (C=O) groups is 1. The number of ether oxygens (including phenoxy) is 1. The van der Waals surface area contributed by atoms with E-state index >= 15 is 0 Å². The van der Waals surface area contributed by atoms with E-state index in [1.54, 1.807) is 19.2 Å². The van der Waals surface area contributed by atoms with Crippen molar-refractivity contribution in [2.24, 2.45) is 5.92 Å². The van der Waals surface area contributed by atoms with Crippen LogP contribution in [0.3, 0.4) is 0 Å². The van der Waals surface area contributed by atoms with Gasteiger partial charge in [-0.3, -0.25) is 14.9 Å². The number of benzene rings is 1. The van der Waals surface area contributed by atoms with Crippen LogP contribution in [0.2, 0.25) is 0 Å². The quantitative estimate of drug-likeness (QED) is 0.469. The Hall–Kier alpha value is -1.95. The van der Waals surface area contributed by atoms with Crippen molar-refractivity contribution in [3.8, 4) is 0 Å². The van der Waals surface area contributed by atoms with Crippen molar-refractivity contribution in [2.75, 3.05) is 31.7 Å². The molecule has 0 saturated carbocycles. The molecule has 1 saturated heterocycles. The molecule has 0 aliphatic carbocycles. The lowest BCUT2D eigenvalue weighted by molar-refractivity contribution is -0.385. The van der Waals surface area contributed by atoms with Crippen LogP contribution in [-0.4, -0.2) is 38.0 Å². The largest absolute Gasteiger partial charge is 0.384 e. The second-order valence-corrected chi connectivity index (χ2v) is 5.03. The Labute approximate surface area is 117 Å². The minimum absolute atomic E-state index is 0.126. The molecule has 1 aliphatic heterocycles. The number of hydrogen-bond acceptors (Lipinski definition) is 5. The van der Waals surface area contributed by atoms with E-state index in [1.807, 2.05) is 0 Å². The second kappa shape index (κ2) is 6.47. The topological polar surface area (TPSA) is 72.7 Å². The number of aldehydes is 1. The van der Waals surface area contributed by atoms with Crippen molar-refractivity contribution in [3.05, 3.63) is 33.9 Å². The normalized spacial score (nSPS) is 18.9. The summed E-state index contributed by atoms with van der Waals surface area (Å²) in [5.74, 6) is 0.462. The molecule has 1 aromatic carbocycles. The van der Waals surface area contributed by atoms with Crippen molar-refractivity contribution in [2.45, 2.75) is 12.8 Å². The molecule has 1 heterocycles. The lowest BCUT2D eigenvalue weighted by Gasteiger charge is -2.34. The highest BCUT2D eigenvalue weighted by molar-refractivity contribution is 5.83. The fourth-order valence-electron chi connectivity index (χ4n) is 2.67. The Balaban J connectivity index is 2.20. The molecule has 0 bridgehead atoms. The number of carbonyl (C=O) groups excluding carboxylic acids is 1. The average Bonchev–Trinajstić information content (AvgIpc) is 2.47. The predicted octanol–water partition coefficient (Wildman–Crippen LogP) is 2.27. The number of rotatable bonds is 5. The van der Waals surface area contributed by atoms with Crippen LogP contribution in [0.5, 0.6) is 0 Å². The Kier molecular flexibility index (Phi) is 4.68. The molecule has 1 aliphatic rings. The van der Waals surface area contributed by atoms with E-state index in [9.17, 15) is 14.9 Å². The predicted molar refractivity (Wildman–Crippen MR) is 75.3 cm³/mol. The maximum atomic E-state index is 11.0. The van der Waals surface area contributed by atoms with Crippen LogP contribution in [-0.2, 0) is 4.74 Å². The zero-order valence-corrected chi connectivity index (χ0v) is 11.4. The van der Waals surface area contributed by atoms with E-state index in [2.05, 4.69) is 4.90 Å². The molecular formula is C14H18N2O4. The zero-order valence-electron chi connectivity index (χ0n) is 11.4. The summed E-state index contributed by atoms with van der Waals surface area (Å²) in [6.45, 7) is 2.46. The fourth-order valence-corrected chi connectivity index (χ4v) is 2.67. The van der Waals surface area contributed by atoms with Gasteiger partial charge in [-0.2, -0.15) is 0 Å². The first-order chi connectivity index (χ1) is 9.65. The van der Waals surface area contributed by atoms with Gasteiger partial charge in [0.2, 0.25) is 0 Å². The molecule has 0 spiro atoms. The molecule has 1 atom stereocenters. The Morgan fingerprint density at radius 2 is 2.35 bits per heavy atom. The van der Waals surface area contributed by atoms with E-state index in [0.29, 0.717) is 18.8 Å². The summed E-state index contributed by atoms with van der Waals surface area (Å²) in [4.78, 5) is 23.4. The van der Waals surface area contributed by atoms with Gasteiger partial charge in [0.05, 0.1) is 17.1 Å². The number of hydrogen-bond donors (Lipinski definition) is 0. The van der Waals surface area contributed by atoms with Crippen LogP contribution in [0.25, 0.3) is 0 Å². The molecule has 108 valence electrons. The standard InChI is InChI=1S/C14H18N2O4/c1-20-10-11-3-2-6-15(8-11)13-4-5-14(16(18)19)12(7-13)9-17/h4-5,7,9,11H,2-3,6,8,10H2,1H3. The maximum Gasteiger partial charge on any atom is 0.280 e. The van der Waals surface area contributed by atoms with Gasteiger partial charge in [-0.1, -0.05) is 0 Å². The van der Waals surface area contributed by atoms with Gasteiger partial charge in [-0.25, -0.2) is 0 Å². The van der Waals surface area contributed by atoms with Crippen molar-refractivity contribution < 1.29 is 14.5 Å². The zero-order chi connectivity index (χ0) is 14.5. The van der Waals surface area contributed by atoms with Gasteiger partial charge in [-0.15, -0.1) is 0 Å². The van der Waals surface area contributed by atoms with Gasteiger partial charge in [0.1, 0.15) is 0 Å². The molecule has 6 heteroatoms. The van der Waals surface area contributed by atoms with Gasteiger partial charge in [-0.05, 0) is 30.9 Å². The third-order valence-corrected chi connectivity index (χ3v) is 3.62. The number of methoxy groups -OCH3 is 1. The molecule has 0 N–H and O–H groups in total. The number of anilines is 1. The van der Waals surface area contributed by atoms with Gasteiger partial charge in [0.25, 0.3) is 5.69 Å². The van der Waals surface area contributed by atoms with E-state index in [-0.39, 0.29) is 11.3 Å². The third-order valence-electron chi connectivity index (χ3n) is 3.62. The minimum atomic E-state index is -0.530. The van der Waals surface area contributed by atoms with E-state index in [4.69, 9.17) is 4.74 Å². The smallest absolute Gasteiger partial charge is 0.280 e. The summed E-state index contributed by atoms with van der Waals surface area (Å²) in [6.07, 6.45) is 2.72. The second-order valence-electron chi connectivity index (χ2n) is 5.03. The summed E-state index contributed by atoms with van der Waals surface area (Å²) >= 11 is 0. The van der Waals surface area contributed by atoms with Crippen LogP contribution in [0.1, 0.15) is 23.2 Å². The number of piperidine rings is 1. The molecular weight excluding hydrogens is 260 g/mol. The molecule has 6 nitrogen and oxygen atoms in total. The van der Waals surface area contributed by atoms with Crippen molar-refractivity contribution >= 4 is 17.7 Å². The summed E-state index contributed by atoms with van der Waals surface area (Å²) in [6, 6.07) is 4.71. The number of nitro groups is 1. The monoisotopic (exact) mass is 278 g/mol. The first kappa shape index (κ1) is 14.5. The minimum Gasteiger partial charge on any atom is -0.384 e. The van der Waals surface area contributed by atoms with Crippen molar-refractivity contribution in [1.29, 1.82) is 0 Å². The highest BCUT2D eigenvalue weighted by atomic mass is 16.6. The molecule has 20 heavy (non-hydrogen) atoms. The first-order valence-electron chi connectivity index (χ1n) is 6.63. The van der Waals surface area contributed by atoms with Crippen LogP contribution in [0, 0.1) is 16.0 Å². The van der Waals surface area contributed by atoms with Crippen molar-refractivity contribution in [1.82, 2.24) is 0 Å². The van der Waals surface area contributed by atoms with Crippen LogP contribution in [0.15, 0.2) is 18.2 Å². The van der Waals surface area contributed by atoms with Gasteiger partial charge < -0.3 is 9.64 Å². The van der Waals surface area contributed by atoms with E-state index in [1.165, 1.54) is 6.07 Å². The summed E-state index contributed by atoms with van der Waals surface area (Å²) in [7, 11) is 1.69. The third kappa shape index (κ3) is 3.14. The number of nitro benzene ring substituents is 1. The van der Waals surface area contributed by atoms with Crippen LogP contribution < -0.4 is 4.90 Å². The molecule has 0 aromatic heterocycles. The van der Waals surface area contributed by atoms with E-state index < -0.39 is 4.92 Å².